The van der Waals surface area contributed by atoms with Crippen LogP contribution in [0.4, 0.5) is 0 Å². The van der Waals surface area contributed by atoms with Gasteiger partial charge in [-0.25, -0.2) is 4.57 Å². The lowest BCUT2D eigenvalue weighted by molar-refractivity contribution is -0.161. The van der Waals surface area contributed by atoms with Gasteiger partial charge >= 0.3 is 25.7 Å². The first-order chi connectivity index (χ1) is 29.5. The van der Waals surface area contributed by atoms with Gasteiger partial charge in [0.1, 0.15) is 12.6 Å². The Morgan fingerprint density at radius 3 is 1.57 bits per heavy atom. The topological polar surface area (TPSA) is 189 Å². The number of carbonyl (C=O) groups is 4. The van der Waals surface area contributed by atoms with Crippen molar-refractivity contribution < 1.29 is 52.3 Å². The van der Waals surface area contributed by atoms with E-state index in [9.17, 15) is 28.6 Å². The van der Waals surface area contributed by atoms with E-state index < -0.39 is 51.1 Å². The molecule has 0 radical (unpaired) electrons. The molecular weight excluding hydrogens is 797 g/mol. The number of esters is 2. The number of nitrogens with two attached hydrogens (primary N) is 1. The molecule has 0 saturated carbocycles. The highest BCUT2D eigenvalue weighted by molar-refractivity contribution is 7.47. The van der Waals surface area contributed by atoms with Gasteiger partial charge in [-0.05, 0) is 44.6 Å². The summed E-state index contributed by atoms with van der Waals surface area (Å²) in [5.41, 5.74) is 5.33. The lowest BCUT2D eigenvalue weighted by Gasteiger charge is -2.20. The number of hydrogen-bond acceptors (Lipinski definition) is 10. The Balaban J connectivity index is 4.41. The van der Waals surface area contributed by atoms with Crippen LogP contribution >= 0.6 is 7.82 Å². The van der Waals surface area contributed by atoms with Gasteiger partial charge in [-0.1, -0.05) is 185 Å². The second-order valence-corrected chi connectivity index (χ2v) is 17.4. The molecule has 0 aliphatic rings. The summed E-state index contributed by atoms with van der Waals surface area (Å²) in [5, 5.41) is 8.90. The van der Waals surface area contributed by atoms with Crippen LogP contribution in [0.15, 0.2) is 48.6 Å². The molecule has 61 heavy (non-hydrogen) atoms. The van der Waals surface area contributed by atoms with Crippen molar-refractivity contribution in [2.45, 2.75) is 212 Å². The molecule has 0 aliphatic carbocycles. The number of ether oxygens (including phenoxy) is 2. The monoisotopic (exact) mass is 882 g/mol. The number of rotatable bonds is 44. The van der Waals surface area contributed by atoms with E-state index in [1.54, 1.807) is 12.2 Å². The van der Waals surface area contributed by atoms with Crippen molar-refractivity contribution in [3.8, 4) is 0 Å². The van der Waals surface area contributed by atoms with E-state index in [4.69, 9.17) is 24.8 Å². The Labute approximate surface area is 369 Å². The summed E-state index contributed by atoms with van der Waals surface area (Å²) in [6, 6.07) is -1.54. The molecular formula is C48H84NO11P. The number of unbranched alkanes of at least 4 members (excludes halogenated alkanes) is 21. The number of carboxylic acid groups (broad SMARTS) is 1. The minimum Gasteiger partial charge on any atom is -0.480 e. The van der Waals surface area contributed by atoms with Crippen molar-refractivity contribution in [3.05, 3.63) is 48.6 Å². The Bertz CT molecular complexity index is 1280. The largest absolute Gasteiger partial charge is 0.480 e. The highest BCUT2D eigenvalue weighted by atomic mass is 31.2. The average Bonchev–Trinajstić information content (AvgIpc) is 3.23. The summed E-state index contributed by atoms with van der Waals surface area (Å²) in [6.07, 6.45) is 44.5. The van der Waals surface area contributed by atoms with Gasteiger partial charge in [0.25, 0.3) is 0 Å². The van der Waals surface area contributed by atoms with Crippen molar-refractivity contribution in [1.29, 1.82) is 0 Å². The molecule has 3 atom stereocenters. The smallest absolute Gasteiger partial charge is 0.472 e. The molecule has 0 aromatic carbocycles. The van der Waals surface area contributed by atoms with E-state index >= 15 is 0 Å². The number of carboxylic acids is 1. The molecule has 0 rings (SSSR count). The van der Waals surface area contributed by atoms with Gasteiger partial charge < -0.3 is 25.2 Å². The van der Waals surface area contributed by atoms with Gasteiger partial charge in [0, 0.05) is 19.3 Å². The van der Waals surface area contributed by atoms with Gasteiger partial charge in [0.2, 0.25) is 0 Å². The SMILES string of the molecule is CCCCCCCCCCCCCCCCCCCCCC(=O)OC[C@H](COP(=O)(O)OC[C@H](N)C(=O)O)OC(=O)CCC/C=C\C/C=C\C/C=C\C=C\C(=O)CCCCC. The number of carbonyl (C=O) groups excluding carboxylic acids is 3. The maximum absolute atomic E-state index is 12.6. The zero-order valence-corrected chi connectivity index (χ0v) is 38.9. The van der Waals surface area contributed by atoms with Crippen molar-refractivity contribution in [2.24, 2.45) is 5.73 Å². The van der Waals surface area contributed by atoms with Gasteiger partial charge in [-0.2, -0.15) is 0 Å². The van der Waals surface area contributed by atoms with Crippen LogP contribution in [0.5, 0.6) is 0 Å². The molecule has 352 valence electrons. The van der Waals surface area contributed by atoms with Crippen molar-refractivity contribution >= 4 is 31.5 Å². The van der Waals surface area contributed by atoms with Crippen LogP contribution in [0.2, 0.25) is 0 Å². The molecule has 0 spiro atoms. The fourth-order valence-corrected chi connectivity index (χ4v) is 7.09. The van der Waals surface area contributed by atoms with Crippen LogP contribution in [-0.4, -0.2) is 65.7 Å². The molecule has 0 amide bonds. The zero-order chi connectivity index (χ0) is 45.1. The van der Waals surface area contributed by atoms with E-state index in [2.05, 4.69) is 18.4 Å². The number of aliphatic carboxylic acids is 1. The molecule has 12 nitrogen and oxygen atoms in total. The standard InChI is InChI=1S/C48H84NO11P/c1-3-5-7-8-9-10-11-12-13-14-15-16-17-18-21-24-27-30-34-38-46(51)57-40-44(41-58-61(55,56)59-42-45(49)48(53)54)60-47(52)39-35-31-28-25-22-19-20-23-26-29-33-37-43(50)36-32-6-4-2/h19-20,25-26,28-29,33,37,44-45H,3-18,21-24,27,30-32,34-36,38-42,49H2,1-2H3,(H,53,54)(H,55,56)/b20-19-,28-25-,29-26-,37-33+/t44-,45+/m1/s1. The van der Waals surface area contributed by atoms with Crippen LogP contribution in [-0.2, 0) is 42.3 Å². The summed E-state index contributed by atoms with van der Waals surface area (Å²) in [4.78, 5) is 57.8. The van der Waals surface area contributed by atoms with Crippen LogP contribution < -0.4 is 5.73 Å². The molecule has 0 fully saturated rings. The van der Waals surface area contributed by atoms with Gasteiger partial charge in [0.15, 0.2) is 11.9 Å². The van der Waals surface area contributed by atoms with E-state index in [0.717, 1.165) is 51.4 Å². The fourth-order valence-electron chi connectivity index (χ4n) is 6.31. The van der Waals surface area contributed by atoms with Crippen molar-refractivity contribution in [3.63, 3.8) is 0 Å². The van der Waals surface area contributed by atoms with E-state index in [1.807, 2.05) is 36.5 Å². The Morgan fingerprint density at radius 1 is 0.557 bits per heavy atom. The summed E-state index contributed by atoms with van der Waals surface area (Å²) < 4.78 is 32.7. The highest BCUT2D eigenvalue weighted by Gasteiger charge is 2.28. The summed E-state index contributed by atoms with van der Waals surface area (Å²) in [6.45, 7) is 2.59. The maximum atomic E-state index is 12.6. The molecule has 0 aromatic rings. The van der Waals surface area contributed by atoms with Crippen molar-refractivity contribution in [2.75, 3.05) is 19.8 Å². The Hall–Kier alpha value is -2.89. The predicted molar refractivity (Wildman–Crippen MR) is 245 cm³/mol. The first-order valence-corrected chi connectivity index (χ1v) is 25.1. The van der Waals surface area contributed by atoms with E-state index in [0.29, 0.717) is 25.7 Å². The Morgan fingerprint density at radius 2 is 1.02 bits per heavy atom. The summed E-state index contributed by atoms with van der Waals surface area (Å²) in [7, 11) is -4.75. The third kappa shape index (κ3) is 42.2. The molecule has 0 saturated heterocycles. The number of phosphoric ester groups is 1. The first-order valence-electron chi connectivity index (χ1n) is 23.6. The molecule has 0 bridgehead atoms. The first kappa shape index (κ1) is 58.1. The van der Waals surface area contributed by atoms with Crippen LogP contribution in [0.25, 0.3) is 0 Å². The second-order valence-electron chi connectivity index (χ2n) is 15.9. The molecule has 4 N–H and O–H groups in total. The quantitative estimate of drug-likeness (QED) is 0.0131. The van der Waals surface area contributed by atoms with Crippen molar-refractivity contribution in [1.82, 2.24) is 0 Å². The predicted octanol–water partition coefficient (Wildman–Crippen LogP) is 12.1. The number of ketones is 1. The van der Waals surface area contributed by atoms with Gasteiger partial charge in [-0.3, -0.25) is 28.2 Å². The lowest BCUT2D eigenvalue weighted by Crippen LogP contribution is -2.34. The molecule has 1 unspecified atom stereocenters. The van der Waals surface area contributed by atoms with Gasteiger partial charge in [-0.15, -0.1) is 0 Å². The van der Waals surface area contributed by atoms with Crippen LogP contribution in [0, 0.1) is 0 Å². The Kier molecular flexibility index (Phi) is 40.4. The average molecular weight is 882 g/mol. The summed E-state index contributed by atoms with van der Waals surface area (Å²) >= 11 is 0. The molecule has 13 heteroatoms. The molecule has 0 aromatic heterocycles. The summed E-state index contributed by atoms with van der Waals surface area (Å²) in [5.74, 6) is -2.34. The number of hydrogen-bond donors (Lipinski definition) is 3. The fraction of sp³-hybridized carbons (Fsp3) is 0.750. The second kappa shape index (κ2) is 42.4. The third-order valence-corrected chi connectivity index (χ3v) is 11.0. The zero-order valence-electron chi connectivity index (χ0n) is 38.0. The minimum absolute atomic E-state index is 0.0597. The molecule has 0 aliphatic heterocycles. The normalized spacial score (nSPS) is 14.0. The van der Waals surface area contributed by atoms with E-state index in [-0.39, 0.29) is 25.2 Å². The van der Waals surface area contributed by atoms with Crippen LogP contribution in [0.3, 0.4) is 0 Å². The number of allylic oxidation sites excluding steroid dienone is 8. The van der Waals surface area contributed by atoms with Crippen LogP contribution in [0.1, 0.15) is 200 Å². The van der Waals surface area contributed by atoms with Gasteiger partial charge in [0.05, 0.1) is 13.2 Å². The third-order valence-electron chi connectivity index (χ3n) is 10.1. The number of phosphoric acid groups is 1. The minimum atomic E-state index is -4.75. The lowest BCUT2D eigenvalue weighted by atomic mass is 10.0. The molecule has 0 heterocycles. The maximum Gasteiger partial charge on any atom is 0.472 e. The van der Waals surface area contributed by atoms with E-state index in [1.165, 1.54) is 96.3 Å². The highest BCUT2D eigenvalue weighted by Crippen LogP contribution is 2.43.